The molecule has 8 aromatic rings. The highest BCUT2D eigenvalue weighted by Gasteiger charge is 2.40. The number of nitrogens with zero attached hydrogens (tertiary/aromatic N) is 5. The number of hydrogen-bond donors (Lipinski definition) is 1. The number of hydrogen-bond acceptors (Lipinski definition) is 5. The van der Waals surface area contributed by atoms with Crippen molar-refractivity contribution in [1.29, 1.82) is 0 Å². The molecule has 0 aliphatic heterocycles. The zero-order valence-corrected chi connectivity index (χ0v) is 28.4. The van der Waals surface area contributed by atoms with Gasteiger partial charge in [0.15, 0.2) is 0 Å². The Kier molecular flexibility index (Phi) is 8.17. The van der Waals surface area contributed by atoms with E-state index in [9.17, 15) is 9.00 Å². The lowest BCUT2D eigenvalue weighted by atomic mass is 9.77. The smallest absolute Gasteiger partial charge is 0.250 e. The summed E-state index contributed by atoms with van der Waals surface area (Å²) in [5.74, 6) is 0.0714. The number of amides is 1. The van der Waals surface area contributed by atoms with Crippen LogP contribution in [0.15, 0.2) is 169 Å². The summed E-state index contributed by atoms with van der Waals surface area (Å²) in [6.07, 6.45) is 6.99. The predicted octanol–water partition coefficient (Wildman–Crippen LogP) is 7.63. The zero-order valence-electron chi connectivity index (χ0n) is 27.6. The predicted molar refractivity (Wildman–Crippen MR) is 201 cm³/mol. The molecule has 0 saturated carbocycles. The van der Waals surface area contributed by atoms with Crippen LogP contribution in [0.1, 0.15) is 27.0 Å². The summed E-state index contributed by atoms with van der Waals surface area (Å²) in [6, 6.07) is 48.6. The standard InChI is InChI=1S/C42H32N6O2S/c1-51(50)35-21-17-29(18-22-35)40-36(30-19-23-37-38(25-30)47(28-45-37)39-24-20-31(26-44-39)41(43)49)27-48(46-40)42(32-11-5-2-6-12-32,33-13-7-3-8-14-33)34-15-9-4-10-16-34/h2-28H,1H3,(H2,43,49). The fourth-order valence-corrected chi connectivity index (χ4v) is 7.26. The van der Waals surface area contributed by atoms with Crippen molar-refractivity contribution in [3.8, 4) is 28.2 Å². The number of carbonyl (C=O) groups is 1. The molecular formula is C42H32N6O2S. The summed E-state index contributed by atoms with van der Waals surface area (Å²) < 4.78 is 16.3. The van der Waals surface area contributed by atoms with E-state index in [1.807, 2.05) is 53.1 Å². The minimum absolute atomic E-state index is 0.331. The van der Waals surface area contributed by atoms with Crippen LogP contribution in [0, 0.1) is 0 Å². The molecule has 248 valence electrons. The lowest BCUT2D eigenvalue weighted by molar-refractivity contribution is 0.1000. The number of rotatable bonds is 9. The molecule has 5 aromatic carbocycles. The summed E-state index contributed by atoms with van der Waals surface area (Å²) in [4.78, 5) is 21.6. The Labute approximate surface area is 297 Å². The third kappa shape index (κ3) is 5.63. The van der Waals surface area contributed by atoms with Crippen LogP contribution in [0.4, 0.5) is 0 Å². The van der Waals surface area contributed by atoms with Crippen molar-refractivity contribution < 1.29 is 9.00 Å². The first kappa shape index (κ1) is 31.8. The molecule has 8 rings (SSSR count). The van der Waals surface area contributed by atoms with Crippen LogP contribution in [0.25, 0.3) is 39.2 Å². The van der Waals surface area contributed by atoms with Gasteiger partial charge in [0.1, 0.15) is 23.4 Å². The van der Waals surface area contributed by atoms with Gasteiger partial charge in [0.25, 0.3) is 0 Å². The largest absolute Gasteiger partial charge is 0.366 e. The quantitative estimate of drug-likeness (QED) is 0.157. The normalized spacial score (nSPS) is 12.2. The van der Waals surface area contributed by atoms with Gasteiger partial charge in [-0.05, 0) is 58.7 Å². The molecule has 9 heteroatoms. The number of primary amides is 1. The highest BCUT2D eigenvalue weighted by Crippen LogP contribution is 2.43. The monoisotopic (exact) mass is 684 g/mol. The Morgan fingerprint density at radius 3 is 1.82 bits per heavy atom. The Morgan fingerprint density at radius 1 is 0.706 bits per heavy atom. The topological polar surface area (TPSA) is 109 Å². The van der Waals surface area contributed by atoms with Crippen LogP contribution in [-0.4, -0.2) is 40.7 Å². The van der Waals surface area contributed by atoms with Crippen LogP contribution >= 0.6 is 0 Å². The molecule has 3 aromatic heterocycles. The fourth-order valence-electron chi connectivity index (χ4n) is 6.74. The van der Waals surface area contributed by atoms with Gasteiger partial charge in [-0.15, -0.1) is 0 Å². The summed E-state index contributed by atoms with van der Waals surface area (Å²) in [7, 11) is -1.12. The van der Waals surface area contributed by atoms with Crippen LogP contribution in [-0.2, 0) is 16.3 Å². The van der Waals surface area contributed by atoms with E-state index in [0.29, 0.717) is 11.4 Å². The molecule has 51 heavy (non-hydrogen) atoms. The molecule has 0 saturated heterocycles. The molecule has 0 spiro atoms. The Bertz CT molecular complexity index is 2410. The molecule has 0 fully saturated rings. The first-order valence-corrected chi connectivity index (χ1v) is 17.9. The van der Waals surface area contributed by atoms with Crippen molar-refractivity contribution in [2.45, 2.75) is 10.4 Å². The summed E-state index contributed by atoms with van der Waals surface area (Å²) in [5, 5.41) is 5.47. The number of benzene rings is 5. The van der Waals surface area contributed by atoms with Gasteiger partial charge in [0, 0.05) is 45.5 Å². The number of nitrogens with two attached hydrogens (primary N) is 1. The second-order valence-corrected chi connectivity index (χ2v) is 13.6. The van der Waals surface area contributed by atoms with E-state index in [-0.39, 0.29) is 0 Å². The van der Waals surface area contributed by atoms with Crippen molar-refractivity contribution >= 4 is 27.7 Å². The molecule has 0 bridgehead atoms. The van der Waals surface area contributed by atoms with Gasteiger partial charge in [-0.3, -0.25) is 18.3 Å². The zero-order chi connectivity index (χ0) is 35.0. The van der Waals surface area contributed by atoms with Crippen LogP contribution in [0.3, 0.4) is 0 Å². The Morgan fingerprint density at radius 2 is 1.29 bits per heavy atom. The summed E-state index contributed by atoms with van der Waals surface area (Å²) >= 11 is 0. The first-order valence-electron chi connectivity index (χ1n) is 16.4. The van der Waals surface area contributed by atoms with E-state index in [1.54, 1.807) is 24.7 Å². The highest BCUT2D eigenvalue weighted by molar-refractivity contribution is 7.84. The molecule has 0 aliphatic carbocycles. The second kappa shape index (κ2) is 13.1. The minimum Gasteiger partial charge on any atom is -0.366 e. The van der Waals surface area contributed by atoms with Crippen molar-refractivity contribution in [3.63, 3.8) is 0 Å². The van der Waals surface area contributed by atoms with E-state index >= 15 is 0 Å². The van der Waals surface area contributed by atoms with E-state index < -0.39 is 22.2 Å². The Hall–Kier alpha value is -6.45. The van der Waals surface area contributed by atoms with Gasteiger partial charge in [0.05, 0.1) is 16.6 Å². The maximum atomic E-state index is 12.3. The van der Waals surface area contributed by atoms with Crippen molar-refractivity contribution in [1.82, 2.24) is 24.3 Å². The average Bonchev–Trinajstić information content (AvgIpc) is 3.82. The van der Waals surface area contributed by atoms with Gasteiger partial charge in [-0.2, -0.15) is 5.10 Å². The minimum atomic E-state index is -1.12. The van der Waals surface area contributed by atoms with Crippen molar-refractivity contribution in [2.24, 2.45) is 5.73 Å². The molecule has 0 radical (unpaired) electrons. The molecule has 2 N–H and O–H groups in total. The van der Waals surface area contributed by atoms with E-state index in [2.05, 4.69) is 106 Å². The van der Waals surface area contributed by atoms with Crippen molar-refractivity contribution in [3.05, 3.63) is 187 Å². The van der Waals surface area contributed by atoms with Gasteiger partial charge in [0.2, 0.25) is 5.91 Å². The molecule has 1 atom stereocenters. The maximum absolute atomic E-state index is 12.3. The molecule has 1 unspecified atom stereocenters. The third-order valence-electron chi connectivity index (χ3n) is 9.23. The number of carbonyl (C=O) groups excluding carboxylic acids is 1. The fraction of sp³-hybridized carbons (Fsp3) is 0.0476. The van der Waals surface area contributed by atoms with Crippen LogP contribution < -0.4 is 5.73 Å². The molecule has 0 aliphatic rings. The number of pyridine rings is 1. The van der Waals surface area contributed by atoms with E-state index in [0.717, 1.165) is 55.0 Å². The lowest BCUT2D eigenvalue weighted by Gasteiger charge is -2.36. The second-order valence-electron chi connectivity index (χ2n) is 12.2. The first-order chi connectivity index (χ1) is 24.9. The summed E-state index contributed by atoms with van der Waals surface area (Å²) in [5.41, 5.74) is 13.2. The third-order valence-corrected chi connectivity index (χ3v) is 10.2. The lowest BCUT2D eigenvalue weighted by Crippen LogP contribution is -2.38. The molecule has 3 heterocycles. The maximum Gasteiger partial charge on any atom is 0.250 e. The number of fused-ring (bicyclic) bond motifs is 1. The summed E-state index contributed by atoms with van der Waals surface area (Å²) in [6.45, 7) is 0. The van der Waals surface area contributed by atoms with E-state index in [1.165, 1.54) is 6.20 Å². The Balaban J connectivity index is 1.40. The van der Waals surface area contributed by atoms with Crippen molar-refractivity contribution in [2.75, 3.05) is 6.26 Å². The average molecular weight is 685 g/mol. The van der Waals surface area contributed by atoms with Crippen LogP contribution in [0.2, 0.25) is 0 Å². The van der Waals surface area contributed by atoms with Crippen LogP contribution in [0.5, 0.6) is 0 Å². The van der Waals surface area contributed by atoms with E-state index in [4.69, 9.17) is 10.8 Å². The molecule has 8 nitrogen and oxygen atoms in total. The van der Waals surface area contributed by atoms with Gasteiger partial charge >= 0.3 is 0 Å². The van der Waals surface area contributed by atoms with Gasteiger partial charge < -0.3 is 5.73 Å². The number of imidazole rings is 1. The van der Waals surface area contributed by atoms with Gasteiger partial charge in [-0.1, -0.05) is 109 Å². The highest BCUT2D eigenvalue weighted by atomic mass is 32.2. The number of aromatic nitrogens is 5. The SMILES string of the molecule is CS(=O)c1ccc(-c2nn(C(c3ccccc3)(c3ccccc3)c3ccccc3)cc2-c2ccc3ncn(-c4ccc(C(N)=O)cn4)c3c2)cc1. The molecular weight excluding hydrogens is 653 g/mol. The van der Waals surface area contributed by atoms with Gasteiger partial charge in [-0.25, -0.2) is 9.97 Å². The molecule has 1 amide bonds.